The Morgan fingerprint density at radius 2 is 1.83 bits per heavy atom. The number of Topliss-reactive ketones (excluding diaryl/α,β-unsaturated/α-hetero) is 1. The van der Waals surface area contributed by atoms with Gasteiger partial charge in [0.1, 0.15) is 0 Å². The van der Waals surface area contributed by atoms with E-state index in [0.717, 1.165) is 4.88 Å². The molecule has 3 rings (SSSR count). The second-order valence-corrected chi connectivity index (χ2v) is 6.83. The van der Waals surface area contributed by atoms with Crippen molar-refractivity contribution in [3.8, 4) is 0 Å². The average Bonchev–Trinajstić information content (AvgIpc) is 3.23. The highest BCUT2D eigenvalue weighted by atomic mass is 35.5. The van der Waals surface area contributed by atoms with Crippen molar-refractivity contribution in [2.24, 2.45) is 5.73 Å². The van der Waals surface area contributed by atoms with Crippen LogP contribution in [0.15, 0.2) is 47.8 Å². The zero-order chi connectivity index (χ0) is 16.2. The first-order valence-electron chi connectivity index (χ1n) is 7.80. The predicted octanol–water partition coefficient (Wildman–Crippen LogP) is 3.09. The predicted molar refractivity (Wildman–Crippen MR) is 98.9 cm³/mol. The standard InChI is InChI=1S/C18H20N2O2S.ClH/c19-15-12-20(11-14(15)13-5-2-1-3-6-13)18(22)9-8-16(21)17-7-4-10-23-17;/h1-7,10,14-15H,8-9,11-12,19H2;1H/t14-,15+;/m0./s1. The minimum atomic E-state index is -0.0469. The van der Waals surface area contributed by atoms with E-state index < -0.39 is 0 Å². The van der Waals surface area contributed by atoms with Crippen LogP contribution in [0.25, 0.3) is 0 Å². The van der Waals surface area contributed by atoms with E-state index in [9.17, 15) is 9.59 Å². The third kappa shape index (κ3) is 4.23. The summed E-state index contributed by atoms with van der Waals surface area (Å²) in [6.45, 7) is 1.20. The molecule has 1 saturated heterocycles. The van der Waals surface area contributed by atoms with E-state index in [-0.39, 0.29) is 48.9 Å². The number of nitrogens with zero attached hydrogens (tertiary/aromatic N) is 1. The van der Waals surface area contributed by atoms with Gasteiger partial charge in [-0.3, -0.25) is 9.59 Å². The van der Waals surface area contributed by atoms with Crippen molar-refractivity contribution >= 4 is 35.4 Å². The number of thiophene rings is 1. The molecule has 0 unspecified atom stereocenters. The first-order valence-corrected chi connectivity index (χ1v) is 8.68. The lowest BCUT2D eigenvalue weighted by molar-refractivity contribution is -0.130. The van der Waals surface area contributed by atoms with Crippen LogP contribution in [-0.2, 0) is 4.79 Å². The van der Waals surface area contributed by atoms with Crippen molar-refractivity contribution in [1.82, 2.24) is 4.90 Å². The van der Waals surface area contributed by atoms with E-state index in [0.29, 0.717) is 13.1 Å². The van der Waals surface area contributed by atoms with Crippen LogP contribution >= 0.6 is 23.7 Å². The first kappa shape index (κ1) is 18.6. The number of amides is 1. The van der Waals surface area contributed by atoms with Crippen molar-refractivity contribution in [2.45, 2.75) is 24.8 Å². The molecule has 24 heavy (non-hydrogen) atoms. The molecule has 1 amide bonds. The Balaban J connectivity index is 0.00000208. The highest BCUT2D eigenvalue weighted by Gasteiger charge is 2.33. The molecular weight excluding hydrogens is 344 g/mol. The van der Waals surface area contributed by atoms with Crippen molar-refractivity contribution in [2.75, 3.05) is 13.1 Å². The van der Waals surface area contributed by atoms with Crippen LogP contribution in [0.4, 0.5) is 0 Å². The van der Waals surface area contributed by atoms with Crippen LogP contribution in [0.3, 0.4) is 0 Å². The first-order chi connectivity index (χ1) is 11.1. The van der Waals surface area contributed by atoms with Gasteiger partial charge in [0.15, 0.2) is 5.78 Å². The number of halogens is 1. The number of carbonyl (C=O) groups is 2. The zero-order valence-corrected chi connectivity index (χ0v) is 14.9. The van der Waals surface area contributed by atoms with Gasteiger partial charge in [-0.15, -0.1) is 23.7 Å². The number of rotatable bonds is 5. The summed E-state index contributed by atoms with van der Waals surface area (Å²) in [5, 5.41) is 1.87. The number of carbonyl (C=O) groups excluding carboxylic acids is 2. The Morgan fingerprint density at radius 1 is 1.08 bits per heavy atom. The molecule has 1 aromatic carbocycles. The minimum Gasteiger partial charge on any atom is -0.340 e. The van der Waals surface area contributed by atoms with Gasteiger partial charge < -0.3 is 10.6 Å². The third-order valence-corrected chi connectivity index (χ3v) is 5.22. The van der Waals surface area contributed by atoms with Gasteiger partial charge in [-0.25, -0.2) is 0 Å². The monoisotopic (exact) mass is 364 g/mol. The minimum absolute atomic E-state index is 0. The molecule has 0 aliphatic carbocycles. The zero-order valence-electron chi connectivity index (χ0n) is 13.3. The van der Waals surface area contributed by atoms with Gasteiger partial charge in [0.25, 0.3) is 0 Å². The number of hydrogen-bond acceptors (Lipinski definition) is 4. The normalized spacial score (nSPS) is 19.8. The quantitative estimate of drug-likeness (QED) is 0.829. The van der Waals surface area contributed by atoms with Crippen molar-refractivity contribution < 1.29 is 9.59 Å². The summed E-state index contributed by atoms with van der Waals surface area (Å²) >= 11 is 1.42. The lowest BCUT2D eigenvalue weighted by Gasteiger charge is -2.16. The maximum atomic E-state index is 12.4. The van der Waals surface area contributed by atoms with Gasteiger partial charge in [0.05, 0.1) is 4.88 Å². The average molecular weight is 365 g/mol. The van der Waals surface area contributed by atoms with E-state index >= 15 is 0 Å². The Kier molecular flexibility index (Phi) is 6.54. The van der Waals surface area contributed by atoms with Gasteiger partial charge in [-0.2, -0.15) is 0 Å². The fourth-order valence-corrected chi connectivity index (χ4v) is 3.72. The summed E-state index contributed by atoms with van der Waals surface area (Å²) in [6.07, 6.45) is 0.520. The topological polar surface area (TPSA) is 63.4 Å². The number of benzene rings is 1. The van der Waals surface area contributed by atoms with Crippen LogP contribution in [0.5, 0.6) is 0 Å². The molecule has 0 bridgehead atoms. The van der Waals surface area contributed by atoms with Gasteiger partial charge in [-0.05, 0) is 17.0 Å². The molecule has 1 aliphatic heterocycles. The van der Waals surface area contributed by atoms with Crippen LogP contribution < -0.4 is 5.73 Å². The lowest BCUT2D eigenvalue weighted by atomic mass is 9.95. The number of ketones is 1. The fourth-order valence-electron chi connectivity index (χ4n) is 3.02. The summed E-state index contributed by atoms with van der Waals surface area (Å²) in [4.78, 5) is 26.9. The van der Waals surface area contributed by atoms with Crippen LogP contribution in [0, 0.1) is 0 Å². The number of nitrogens with two attached hydrogens (primary N) is 1. The van der Waals surface area contributed by atoms with Gasteiger partial charge in [0.2, 0.25) is 5.91 Å². The van der Waals surface area contributed by atoms with Crippen molar-refractivity contribution in [3.05, 3.63) is 58.3 Å². The van der Waals surface area contributed by atoms with Gasteiger partial charge in [0, 0.05) is 37.9 Å². The van der Waals surface area contributed by atoms with Crippen LogP contribution in [0.1, 0.15) is 34.0 Å². The molecule has 0 saturated carbocycles. The Bertz CT molecular complexity index is 676. The van der Waals surface area contributed by atoms with E-state index in [4.69, 9.17) is 5.73 Å². The largest absolute Gasteiger partial charge is 0.340 e. The molecule has 2 aromatic rings. The van der Waals surface area contributed by atoms with Crippen LogP contribution in [0.2, 0.25) is 0 Å². The third-order valence-electron chi connectivity index (χ3n) is 4.31. The smallest absolute Gasteiger partial charge is 0.223 e. The van der Waals surface area contributed by atoms with E-state index in [1.54, 1.807) is 11.0 Å². The number of hydrogen-bond donors (Lipinski definition) is 1. The van der Waals surface area contributed by atoms with E-state index in [2.05, 4.69) is 12.1 Å². The summed E-state index contributed by atoms with van der Waals surface area (Å²) in [5.74, 6) is 0.230. The summed E-state index contributed by atoms with van der Waals surface area (Å²) in [6, 6.07) is 13.7. The molecule has 128 valence electrons. The van der Waals surface area contributed by atoms with Gasteiger partial charge >= 0.3 is 0 Å². The second kappa shape index (κ2) is 8.42. The Hall–Kier alpha value is -1.69. The lowest BCUT2D eigenvalue weighted by Crippen LogP contribution is -2.32. The molecule has 6 heteroatoms. The highest BCUT2D eigenvalue weighted by Crippen LogP contribution is 2.27. The summed E-state index contributed by atoms with van der Waals surface area (Å²) in [7, 11) is 0. The van der Waals surface area contributed by atoms with E-state index in [1.807, 2.05) is 29.6 Å². The Labute approximate surface area is 152 Å². The molecule has 1 fully saturated rings. The highest BCUT2D eigenvalue weighted by molar-refractivity contribution is 7.12. The van der Waals surface area contributed by atoms with Crippen molar-refractivity contribution in [3.63, 3.8) is 0 Å². The summed E-state index contributed by atoms with van der Waals surface area (Å²) in [5.41, 5.74) is 7.38. The molecule has 2 N–H and O–H groups in total. The summed E-state index contributed by atoms with van der Waals surface area (Å²) < 4.78 is 0. The fraction of sp³-hybridized carbons (Fsp3) is 0.333. The molecule has 4 nitrogen and oxygen atoms in total. The molecule has 0 radical (unpaired) electrons. The molecule has 2 atom stereocenters. The molecule has 0 spiro atoms. The molecule has 1 aliphatic rings. The Morgan fingerprint density at radius 3 is 2.50 bits per heavy atom. The molecular formula is C18H21ClN2O2S. The second-order valence-electron chi connectivity index (χ2n) is 5.88. The van der Waals surface area contributed by atoms with E-state index in [1.165, 1.54) is 16.9 Å². The van der Waals surface area contributed by atoms with Crippen LogP contribution in [-0.4, -0.2) is 35.7 Å². The maximum absolute atomic E-state index is 12.4. The maximum Gasteiger partial charge on any atom is 0.223 e. The SMILES string of the molecule is Cl.N[C@@H]1CN(C(=O)CCC(=O)c2cccs2)C[C@H]1c1ccccc1. The van der Waals surface area contributed by atoms with Crippen molar-refractivity contribution in [1.29, 1.82) is 0 Å². The molecule has 1 aromatic heterocycles. The molecule has 2 heterocycles. The van der Waals surface area contributed by atoms with Gasteiger partial charge in [-0.1, -0.05) is 36.4 Å². The number of likely N-dealkylation sites (tertiary alicyclic amines) is 1.